The number of fused-ring (bicyclic) bond motifs is 2. The molecule has 0 unspecified atom stereocenters. The Hall–Kier alpha value is -3.36. The first kappa shape index (κ1) is 35.0. The third-order valence-electron chi connectivity index (χ3n) is 8.44. The predicted molar refractivity (Wildman–Crippen MR) is 181 cm³/mol. The highest BCUT2D eigenvalue weighted by atomic mass is 32.2. The number of likely N-dealkylation sites (N-methyl/N-ethyl adjacent to an activating group) is 1. The average molecular weight is 688 g/mol. The zero-order valence-electron chi connectivity index (χ0n) is 27.4. The number of nitrogens with one attached hydrogen (secondary N) is 1. The van der Waals surface area contributed by atoms with E-state index in [0.717, 1.165) is 47.7 Å². The summed E-state index contributed by atoms with van der Waals surface area (Å²) in [5.41, 5.74) is 1.57. The van der Waals surface area contributed by atoms with Gasteiger partial charge in [-0.25, -0.2) is 8.42 Å². The molecule has 0 bridgehead atoms. The van der Waals surface area contributed by atoms with Crippen LogP contribution in [0.25, 0.3) is 0 Å². The van der Waals surface area contributed by atoms with E-state index in [1.54, 1.807) is 35.4 Å². The minimum absolute atomic E-state index is 0.0982. The number of hydrogen-bond donors (Lipinski definition) is 2. The minimum Gasteiger partial charge on any atom is -0.490 e. The molecule has 2 aromatic carbocycles. The first-order valence-electron chi connectivity index (χ1n) is 16.0. The Labute approximate surface area is 281 Å². The van der Waals surface area contributed by atoms with Crippen LogP contribution in [0, 0.1) is 5.92 Å². The second kappa shape index (κ2) is 15.7. The van der Waals surface area contributed by atoms with Crippen molar-refractivity contribution in [2.75, 3.05) is 44.9 Å². The largest absolute Gasteiger partial charge is 0.490 e. The van der Waals surface area contributed by atoms with Crippen molar-refractivity contribution in [3.8, 4) is 17.2 Å². The van der Waals surface area contributed by atoms with Gasteiger partial charge in [0.2, 0.25) is 6.79 Å². The van der Waals surface area contributed by atoms with Gasteiger partial charge in [0.05, 0.1) is 30.4 Å². The van der Waals surface area contributed by atoms with E-state index in [4.69, 9.17) is 18.9 Å². The number of hydrogen-bond acceptors (Lipinski definition) is 10. The molecule has 0 fully saturated rings. The smallest absolute Gasteiger partial charge is 0.271 e. The molecule has 5 rings (SSSR count). The maximum atomic E-state index is 14.4. The molecule has 0 saturated heterocycles. The lowest BCUT2D eigenvalue weighted by Gasteiger charge is -2.36. The van der Waals surface area contributed by atoms with E-state index in [-0.39, 0.29) is 52.9 Å². The van der Waals surface area contributed by atoms with Gasteiger partial charge in [0, 0.05) is 37.8 Å². The number of aliphatic hydroxyl groups excluding tert-OH is 1. The van der Waals surface area contributed by atoms with Crippen LogP contribution >= 0.6 is 11.3 Å². The second-order valence-corrected chi connectivity index (χ2v) is 15.3. The molecule has 3 aromatic rings. The molecule has 2 N–H and O–H groups in total. The fraction of sp³-hybridized carbons (Fsp3) is 0.500. The molecule has 11 nitrogen and oxygen atoms in total. The third-order valence-corrected chi connectivity index (χ3v) is 11.2. The molecule has 4 atom stereocenters. The van der Waals surface area contributed by atoms with Gasteiger partial charge in [-0.1, -0.05) is 19.1 Å². The molecule has 0 saturated carbocycles. The molecule has 1 amide bonds. The molecule has 2 aliphatic heterocycles. The van der Waals surface area contributed by atoms with Gasteiger partial charge in [0.25, 0.3) is 15.9 Å². The molecular formula is C34H45N3O8S2. The molecule has 3 heterocycles. The fourth-order valence-corrected chi connectivity index (χ4v) is 7.84. The zero-order chi connectivity index (χ0) is 33.6. The number of thiophene rings is 1. The van der Waals surface area contributed by atoms with Crippen molar-refractivity contribution in [2.24, 2.45) is 5.92 Å². The Kier molecular flexibility index (Phi) is 11.7. The van der Waals surface area contributed by atoms with Gasteiger partial charge in [-0.15, -0.1) is 11.3 Å². The number of ether oxygens (including phenoxy) is 4. The quantitative estimate of drug-likeness (QED) is 0.312. The van der Waals surface area contributed by atoms with E-state index < -0.39 is 16.1 Å². The lowest BCUT2D eigenvalue weighted by Crippen LogP contribution is -2.47. The first-order valence-corrected chi connectivity index (χ1v) is 18.4. The fourth-order valence-electron chi connectivity index (χ4n) is 5.79. The van der Waals surface area contributed by atoms with Gasteiger partial charge < -0.3 is 29.0 Å². The van der Waals surface area contributed by atoms with Crippen LogP contribution in [0.1, 0.15) is 56.0 Å². The van der Waals surface area contributed by atoms with Crippen molar-refractivity contribution in [3.05, 3.63) is 65.0 Å². The van der Waals surface area contributed by atoms with Crippen LogP contribution in [0.5, 0.6) is 17.2 Å². The molecule has 13 heteroatoms. The van der Waals surface area contributed by atoms with E-state index >= 15 is 0 Å². The van der Waals surface area contributed by atoms with Gasteiger partial charge in [-0.3, -0.25) is 14.4 Å². The van der Waals surface area contributed by atoms with Gasteiger partial charge in [-0.05, 0) is 87.5 Å². The zero-order valence-corrected chi connectivity index (χ0v) is 29.0. The molecule has 0 aliphatic carbocycles. The standard InChI is InChI=1S/C34H45N3O8S2/c1-23-18-37(24(2)21-38)34(39)28-17-27(35-47(40,41)33-9-7-15-46-33)11-13-29(28)45-25(3)8-5-6-14-42-32(23)20-36(4)19-26-10-12-30-31(16-26)44-22-43-30/h7,9-13,15-17,23-25,32,35,38H,5-6,8,14,18-22H2,1-4H3/t23-,24+,25-,32+/m1/s1. The van der Waals surface area contributed by atoms with E-state index in [1.807, 2.05) is 32.2 Å². The number of aliphatic hydroxyl groups is 1. The molecule has 47 heavy (non-hydrogen) atoms. The summed E-state index contributed by atoms with van der Waals surface area (Å²) < 4.78 is 52.5. The first-order chi connectivity index (χ1) is 22.5. The van der Waals surface area contributed by atoms with Gasteiger partial charge >= 0.3 is 0 Å². The summed E-state index contributed by atoms with van der Waals surface area (Å²) in [6.45, 7) is 7.97. The number of benzene rings is 2. The maximum Gasteiger partial charge on any atom is 0.271 e. The Balaban J connectivity index is 1.40. The second-order valence-electron chi connectivity index (χ2n) is 12.4. The predicted octanol–water partition coefficient (Wildman–Crippen LogP) is 5.21. The van der Waals surface area contributed by atoms with Crippen LogP contribution in [0.3, 0.4) is 0 Å². The van der Waals surface area contributed by atoms with Gasteiger partial charge in [0.1, 0.15) is 9.96 Å². The minimum atomic E-state index is -3.83. The molecule has 256 valence electrons. The van der Waals surface area contributed by atoms with Crippen molar-refractivity contribution in [1.29, 1.82) is 0 Å². The lowest BCUT2D eigenvalue weighted by atomic mass is 10.0. The van der Waals surface area contributed by atoms with Crippen molar-refractivity contribution < 1.29 is 37.3 Å². The van der Waals surface area contributed by atoms with Crippen LogP contribution in [0.4, 0.5) is 5.69 Å². The summed E-state index contributed by atoms with van der Waals surface area (Å²) in [5, 5.41) is 11.9. The molecule has 0 spiro atoms. The van der Waals surface area contributed by atoms with Crippen LogP contribution in [-0.2, 0) is 21.3 Å². The number of anilines is 1. The molecule has 2 aliphatic rings. The van der Waals surface area contributed by atoms with E-state index in [0.29, 0.717) is 32.0 Å². The molecule has 0 radical (unpaired) electrons. The lowest BCUT2D eigenvalue weighted by molar-refractivity contribution is -0.0177. The van der Waals surface area contributed by atoms with E-state index in [1.165, 1.54) is 12.1 Å². The summed E-state index contributed by atoms with van der Waals surface area (Å²) in [6, 6.07) is 13.4. The number of amides is 1. The number of sulfonamides is 1. The Morgan fingerprint density at radius 1 is 1.09 bits per heavy atom. The normalized spacial score (nSPS) is 21.5. The highest BCUT2D eigenvalue weighted by molar-refractivity contribution is 7.94. The number of carbonyl (C=O) groups is 1. The highest BCUT2D eigenvalue weighted by Crippen LogP contribution is 2.33. The average Bonchev–Trinajstić information content (AvgIpc) is 3.75. The van der Waals surface area contributed by atoms with Crippen molar-refractivity contribution in [3.63, 3.8) is 0 Å². The third kappa shape index (κ3) is 8.96. The Morgan fingerprint density at radius 2 is 1.87 bits per heavy atom. The van der Waals surface area contributed by atoms with E-state index in [2.05, 4.69) is 16.5 Å². The molecular weight excluding hydrogens is 643 g/mol. The van der Waals surface area contributed by atoms with Crippen LogP contribution in [0.15, 0.2) is 58.1 Å². The summed E-state index contributed by atoms with van der Waals surface area (Å²) >= 11 is 1.11. The Bertz CT molecular complexity index is 1600. The van der Waals surface area contributed by atoms with Gasteiger partial charge in [-0.2, -0.15) is 0 Å². The summed E-state index contributed by atoms with van der Waals surface area (Å²) in [7, 11) is -1.79. The topological polar surface area (TPSA) is 127 Å². The monoisotopic (exact) mass is 687 g/mol. The number of rotatable bonds is 9. The number of nitrogens with zero attached hydrogens (tertiary/aromatic N) is 2. The van der Waals surface area contributed by atoms with Crippen molar-refractivity contribution >= 4 is 33.0 Å². The van der Waals surface area contributed by atoms with Crippen molar-refractivity contribution in [1.82, 2.24) is 9.80 Å². The highest BCUT2D eigenvalue weighted by Gasteiger charge is 2.31. The summed E-state index contributed by atoms with van der Waals surface area (Å²) in [6.07, 6.45) is 2.10. The SMILES string of the molecule is C[C@@H]1CCCCO[C@@H](CN(C)Cc2ccc3c(c2)OCO3)[C@H](C)CN([C@@H](C)CO)C(=O)c2cc(NS(=O)(=O)c3cccs3)ccc2O1. The summed E-state index contributed by atoms with van der Waals surface area (Å²) in [5.74, 6) is 1.40. The summed E-state index contributed by atoms with van der Waals surface area (Å²) in [4.78, 5) is 18.2. The van der Waals surface area contributed by atoms with Gasteiger partial charge in [0.15, 0.2) is 11.5 Å². The Morgan fingerprint density at radius 3 is 2.64 bits per heavy atom. The van der Waals surface area contributed by atoms with Crippen molar-refractivity contribution in [2.45, 2.75) is 69.0 Å². The van der Waals surface area contributed by atoms with Crippen LogP contribution < -0.4 is 18.9 Å². The van der Waals surface area contributed by atoms with Crippen LogP contribution in [-0.4, -0.2) is 87.6 Å². The molecule has 1 aromatic heterocycles. The van der Waals surface area contributed by atoms with E-state index in [9.17, 15) is 18.3 Å². The number of carbonyl (C=O) groups excluding carboxylic acids is 1. The maximum absolute atomic E-state index is 14.4. The van der Waals surface area contributed by atoms with Crippen LogP contribution in [0.2, 0.25) is 0 Å².